The van der Waals surface area contributed by atoms with E-state index in [1.807, 2.05) is 49.4 Å². The number of carbonyl (C=O) groups excluding carboxylic acids is 3. The van der Waals surface area contributed by atoms with E-state index in [1.165, 1.54) is 4.90 Å². The average Bonchev–Trinajstić information content (AvgIpc) is 2.92. The third-order valence-corrected chi connectivity index (χ3v) is 6.10. The number of halogens is 1. The second-order valence-electron chi connectivity index (χ2n) is 5.96. The lowest BCUT2D eigenvalue weighted by molar-refractivity contribution is -0.122. The highest BCUT2D eigenvalue weighted by Gasteiger charge is 2.34. The van der Waals surface area contributed by atoms with E-state index in [0.29, 0.717) is 10.5 Å². The molecule has 27 heavy (non-hydrogen) atoms. The summed E-state index contributed by atoms with van der Waals surface area (Å²) < 4.78 is 1.01. The van der Waals surface area contributed by atoms with Crippen LogP contribution in [0.25, 0.3) is 6.08 Å². The summed E-state index contributed by atoms with van der Waals surface area (Å²) in [5.74, 6) is -0.548. The maximum Gasteiger partial charge on any atom is 0.293 e. The molecule has 1 fully saturated rings. The average molecular weight is 492 g/mol. The Balaban J connectivity index is 1.58. The topological polar surface area (TPSA) is 66.5 Å². The van der Waals surface area contributed by atoms with Crippen LogP contribution >= 0.6 is 34.4 Å². The van der Waals surface area contributed by atoms with Crippen LogP contribution in [0.15, 0.2) is 53.4 Å². The van der Waals surface area contributed by atoms with E-state index in [1.54, 1.807) is 12.1 Å². The fraction of sp³-hybridized carbons (Fsp3) is 0.150. The summed E-state index contributed by atoms with van der Waals surface area (Å²) in [5, 5.41) is 2.44. The first-order valence-corrected chi connectivity index (χ1v) is 10.2. The fourth-order valence-corrected chi connectivity index (χ4v) is 3.89. The van der Waals surface area contributed by atoms with Crippen LogP contribution in [0, 0.1) is 10.5 Å². The van der Waals surface area contributed by atoms with E-state index in [-0.39, 0.29) is 30.1 Å². The molecule has 1 N–H and O–H groups in total. The predicted molar refractivity (Wildman–Crippen MR) is 115 cm³/mol. The Morgan fingerprint density at radius 2 is 1.93 bits per heavy atom. The first kappa shape index (κ1) is 19.6. The maximum atomic E-state index is 12.5. The molecule has 0 bridgehead atoms. The van der Waals surface area contributed by atoms with Crippen molar-refractivity contribution in [1.82, 2.24) is 10.2 Å². The highest BCUT2D eigenvalue weighted by molar-refractivity contribution is 14.1. The Bertz CT molecular complexity index is 928. The predicted octanol–water partition coefficient (Wildman–Crippen LogP) is 4.07. The molecule has 2 aromatic carbocycles. The second kappa shape index (κ2) is 8.71. The van der Waals surface area contributed by atoms with Gasteiger partial charge in [-0.2, -0.15) is 0 Å². The van der Waals surface area contributed by atoms with Gasteiger partial charge in [0.1, 0.15) is 0 Å². The van der Waals surface area contributed by atoms with Gasteiger partial charge in [0.25, 0.3) is 17.1 Å². The SMILES string of the molecule is Cc1ccc(C(=O)NCCN2C(=O)S/C(=C/c3ccccc3)C2=O)cc1I. The molecule has 0 spiro atoms. The minimum Gasteiger partial charge on any atom is -0.350 e. The number of rotatable bonds is 5. The fourth-order valence-electron chi connectivity index (χ4n) is 2.51. The van der Waals surface area contributed by atoms with Crippen LogP contribution in [0.5, 0.6) is 0 Å². The lowest BCUT2D eigenvalue weighted by atomic mass is 10.1. The van der Waals surface area contributed by atoms with Crippen molar-refractivity contribution < 1.29 is 14.4 Å². The van der Waals surface area contributed by atoms with Crippen molar-refractivity contribution in [3.63, 3.8) is 0 Å². The van der Waals surface area contributed by atoms with E-state index in [0.717, 1.165) is 26.5 Å². The molecule has 3 rings (SSSR count). The molecule has 2 aromatic rings. The lowest BCUT2D eigenvalue weighted by Gasteiger charge is -2.13. The van der Waals surface area contributed by atoms with Crippen molar-refractivity contribution in [2.75, 3.05) is 13.1 Å². The van der Waals surface area contributed by atoms with Crippen molar-refractivity contribution in [3.8, 4) is 0 Å². The summed E-state index contributed by atoms with van der Waals surface area (Å²) in [7, 11) is 0. The molecule has 1 saturated heterocycles. The van der Waals surface area contributed by atoms with E-state index >= 15 is 0 Å². The minimum absolute atomic E-state index is 0.144. The summed E-state index contributed by atoms with van der Waals surface area (Å²) in [5.41, 5.74) is 2.53. The van der Waals surface area contributed by atoms with Crippen molar-refractivity contribution in [2.24, 2.45) is 0 Å². The Labute approximate surface area is 175 Å². The highest BCUT2D eigenvalue weighted by atomic mass is 127. The zero-order valence-electron chi connectivity index (χ0n) is 14.6. The van der Waals surface area contributed by atoms with Crippen LogP contribution in [0.1, 0.15) is 21.5 Å². The van der Waals surface area contributed by atoms with Gasteiger partial charge in [-0.1, -0.05) is 36.4 Å². The van der Waals surface area contributed by atoms with Gasteiger partial charge in [0.05, 0.1) is 4.91 Å². The number of aryl methyl sites for hydroxylation is 1. The Morgan fingerprint density at radius 1 is 1.19 bits per heavy atom. The molecule has 0 unspecified atom stereocenters. The van der Waals surface area contributed by atoms with Crippen LogP contribution in [0.2, 0.25) is 0 Å². The monoisotopic (exact) mass is 492 g/mol. The number of hydrogen-bond acceptors (Lipinski definition) is 4. The Kier molecular flexibility index (Phi) is 6.33. The molecule has 7 heteroatoms. The quantitative estimate of drug-likeness (QED) is 0.505. The van der Waals surface area contributed by atoms with Crippen molar-refractivity contribution in [1.29, 1.82) is 0 Å². The number of carbonyl (C=O) groups is 3. The van der Waals surface area contributed by atoms with Crippen molar-refractivity contribution in [2.45, 2.75) is 6.92 Å². The number of hydrogen-bond donors (Lipinski definition) is 1. The molecule has 5 nitrogen and oxygen atoms in total. The number of thioether (sulfide) groups is 1. The number of benzene rings is 2. The Morgan fingerprint density at radius 3 is 2.63 bits per heavy atom. The molecule has 0 aromatic heterocycles. The molecule has 138 valence electrons. The molecule has 1 heterocycles. The van der Waals surface area contributed by atoms with E-state index in [2.05, 4.69) is 27.9 Å². The number of imide groups is 1. The third kappa shape index (κ3) is 4.78. The first-order valence-electron chi connectivity index (χ1n) is 8.30. The van der Waals surface area contributed by atoms with Gasteiger partial charge in [0, 0.05) is 22.2 Å². The van der Waals surface area contributed by atoms with E-state index in [9.17, 15) is 14.4 Å². The van der Waals surface area contributed by atoms with Crippen LogP contribution in [-0.2, 0) is 4.79 Å². The zero-order chi connectivity index (χ0) is 19.4. The van der Waals surface area contributed by atoms with Gasteiger partial charge in [-0.3, -0.25) is 19.3 Å². The van der Waals surface area contributed by atoms with Gasteiger partial charge in [0.2, 0.25) is 0 Å². The highest BCUT2D eigenvalue weighted by Crippen LogP contribution is 2.31. The van der Waals surface area contributed by atoms with Gasteiger partial charge in [-0.05, 0) is 70.6 Å². The molecule has 1 aliphatic rings. The van der Waals surface area contributed by atoms with Crippen LogP contribution in [-0.4, -0.2) is 35.0 Å². The first-order chi connectivity index (χ1) is 13.0. The summed E-state index contributed by atoms with van der Waals surface area (Å²) in [4.78, 5) is 38.4. The standard InChI is InChI=1S/C20H17IN2O3S/c1-13-7-8-15(12-16(13)21)18(24)22-9-10-23-19(25)17(27-20(23)26)11-14-5-3-2-4-6-14/h2-8,11-12H,9-10H2,1H3,(H,22,24)/b17-11+. The second-order valence-corrected chi connectivity index (χ2v) is 8.12. The number of nitrogens with one attached hydrogen (secondary N) is 1. The number of nitrogens with zero attached hydrogens (tertiary/aromatic N) is 1. The number of amides is 3. The summed E-state index contributed by atoms with van der Waals surface area (Å²) in [6, 6.07) is 14.8. The zero-order valence-corrected chi connectivity index (χ0v) is 17.5. The molecular weight excluding hydrogens is 475 g/mol. The van der Waals surface area contributed by atoms with Gasteiger partial charge >= 0.3 is 0 Å². The summed E-state index contributed by atoms with van der Waals surface area (Å²) in [6.45, 7) is 2.33. The molecule has 0 atom stereocenters. The van der Waals surface area contributed by atoms with Crippen molar-refractivity contribution in [3.05, 3.63) is 73.7 Å². The van der Waals surface area contributed by atoms with Crippen LogP contribution < -0.4 is 5.32 Å². The summed E-state index contributed by atoms with van der Waals surface area (Å²) in [6.07, 6.45) is 1.71. The molecule has 0 saturated carbocycles. The van der Waals surface area contributed by atoms with E-state index < -0.39 is 0 Å². The smallest absolute Gasteiger partial charge is 0.293 e. The lowest BCUT2D eigenvalue weighted by Crippen LogP contribution is -2.37. The van der Waals surface area contributed by atoms with Crippen LogP contribution in [0.3, 0.4) is 0 Å². The van der Waals surface area contributed by atoms with Crippen LogP contribution in [0.4, 0.5) is 4.79 Å². The van der Waals surface area contributed by atoms with E-state index in [4.69, 9.17) is 0 Å². The normalized spacial score (nSPS) is 15.5. The maximum absolute atomic E-state index is 12.5. The van der Waals surface area contributed by atoms with Gasteiger partial charge in [0.15, 0.2) is 0 Å². The molecule has 3 amide bonds. The largest absolute Gasteiger partial charge is 0.350 e. The molecule has 0 radical (unpaired) electrons. The minimum atomic E-state index is -0.326. The van der Waals surface area contributed by atoms with Gasteiger partial charge in [-0.25, -0.2) is 0 Å². The van der Waals surface area contributed by atoms with Gasteiger partial charge < -0.3 is 5.32 Å². The summed E-state index contributed by atoms with van der Waals surface area (Å²) >= 11 is 3.10. The third-order valence-electron chi connectivity index (χ3n) is 4.03. The molecule has 1 aliphatic heterocycles. The molecular formula is C20H17IN2O3S. The molecule has 0 aliphatic carbocycles. The van der Waals surface area contributed by atoms with Crippen molar-refractivity contribution >= 4 is 57.5 Å². The Hall–Kier alpha value is -2.13. The van der Waals surface area contributed by atoms with Gasteiger partial charge in [-0.15, -0.1) is 0 Å².